The third-order valence-electron chi connectivity index (χ3n) is 4.38. The van der Waals surface area contributed by atoms with Crippen LogP contribution in [0.3, 0.4) is 0 Å². The zero-order valence-corrected chi connectivity index (χ0v) is 17.0. The summed E-state index contributed by atoms with van der Waals surface area (Å²) >= 11 is 0. The van der Waals surface area contributed by atoms with E-state index in [0.717, 1.165) is 5.56 Å². The van der Waals surface area contributed by atoms with Crippen LogP contribution < -0.4 is 0 Å². The van der Waals surface area contributed by atoms with Crippen LogP contribution in [0, 0.1) is 11.8 Å². The molecule has 0 spiro atoms. The van der Waals surface area contributed by atoms with Gasteiger partial charge in [0.25, 0.3) is 0 Å². The van der Waals surface area contributed by atoms with E-state index in [4.69, 9.17) is 14.2 Å². The number of piperidine rings is 1. The molecule has 154 valence electrons. The lowest BCUT2D eigenvalue weighted by atomic mass is 9.85. The van der Waals surface area contributed by atoms with Crippen molar-refractivity contribution in [2.24, 2.45) is 11.8 Å². The number of hydrogen-bond acceptors (Lipinski definition) is 6. The van der Waals surface area contributed by atoms with E-state index in [1.54, 1.807) is 27.7 Å². The lowest BCUT2D eigenvalue weighted by molar-refractivity contribution is -0.164. The van der Waals surface area contributed by atoms with Gasteiger partial charge in [0, 0.05) is 13.1 Å². The van der Waals surface area contributed by atoms with Crippen LogP contribution in [-0.4, -0.2) is 48.2 Å². The highest BCUT2D eigenvalue weighted by Crippen LogP contribution is 2.28. The van der Waals surface area contributed by atoms with Crippen molar-refractivity contribution >= 4 is 18.0 Å². The third-order valence-corrected chi connectivity index (χ3v) is 4.38. The molecule has 0 N–H and O–H groups in total. The number of amides is 1. The Bertz CT molecular complexity index is 682. The molecule has 7 heteroatoms. The topological polar surface area (TPSA) is 82.1 Å². The Kier molecular flexibility index (Phi) is 7.43. The van der Waals surface area contributed by atoms with Crippen molar-refractivity contribution in [3.05, 3.63) is 35.9 Å². The quantitative estimate of drug-likeness (QED) is 0.566. The molecule has 1 saturated heterocycles. The van der Waals surface area contributed by atoms with E-state index in [-0.39, 0.29) is 19.8 Å². The molecule has 2 rings (SSSR count). The summed E-state index contributed by atoms with van der Waals surface area (Å²) in [6, 6.07) is 9.34. The van der Waals surface area contributed by atoms with Crippen molar-refractivity contribution in [1.29, 1.82) is 0 Å². The molecule has 0 saturated carbocycles. The predicted molar refractivity (Wildman–Crippen MR) is 102 cm³/mol. The average Bonchev–Trinajstić information content (AvgIpc) is 2.65. The van der Waals surface area contributed by atoms with Crippen molar-refractivity contribution in [3.63, 3.8) is 0 Å². The maximum atomic E-state index is 12.6. The highest BCUT2D eigenvalue weighted by atomic mass is 16.6. The fourth-order valence-electron chi connectivity index (χ4n) is 3.05. The molecule has 2 unspecified atom stereocenters. The molecule has 0 aromatic heterocycles. The van der Waals surface area contributed by atoms with Crippen LogP contribution in [0.2, 0.25) is 0 Å². The van der Waals surface area contributed by atoms with E-state index in [1.807, 2.05) is 30.3 Å². The van der Waals surface area contributed by atoms with Gasteiger partial charge in [-0.25, -0.2) is 4.79 Å². The monoisotopic (exact) mass is 391 g/mol. The van der Waals surface area contributed by atoms with Crippen molar-refractivity contribution in [1.82, 2.24) is 4.90 Å². The molecule has 1 aliphatic rings. The number of hydrogen-bond donors (Lipinski definition) is 0. The van der Waals surface area contributed by atoms with E-state index in [0.29, 0.717) is 13.0 Å². The van der Waals surface area contributed by atoms with Gasteiger partial charge in [-0.3, -0.25) is 9.59 Å². The van der Waals surface area contributed by atoms with E-state index in [9.17, 15) is 14.4 Å². The van der Waals surface area contributed by atoms with Crippen molar-refractivity contribution in [2.45, 2.75) is 46.3 Å². The van der Waals surface area contributed by atoms with Gasteiger partial charge in [-0.15, -0.1) is 0 Å². The smallest absolute Gasteiger partial charge is 0.410 e. The second-order valence-electron chi connectivity index (χ2n) is 7.77. The Hall–Kier alpha value is -2.57. The van der Waals surface area contributed by atoms with Gasteiger partial charge in [0.2, 0.25) is 0 Å². The van der Waals surface area contributed by atoms with Crippen LogP contribution in [0.1, 0.15) is 39.7 Å². The summed E-state index contributed by atoms with van der Waals surface area (Å²) < 4.78 is 15.9. The molecule has 28 heavy (non-hydrogen) atoms. The molecule has 7 nitrogen and oxygen atoms in total. The van der Waals surface area contributed by atoms with Gasteiger partial charge in [0.15, 0.2) is 0 Å². The minimum absolute atomic E-state index is 0.0683. The number of rotatable bonds is 5. The van der Waals surface area contributed by atoms with E-state index >= 15 is 0 Å². The molecule has 1 aromatic rings. The van der Waals surface area contributed by atoms with E-state index < -0.39 is 35.5 Å². The summed E-state index contributed by atoms with van der Waals surface area (Å²) in [4.78, 5) is 38.9. The fourth-order valence-corrected chi connectivity index (χ4v) is 3.05. The van der Waals surface area contributed by atoms with Gasteiger partial charge in [-0.2, -0.15) is 0 Å². The highest BCUT2D eigenvalue weighted by Gasteiger charge is 2.42. The third kappa shape index (κ3) is 6.25. The lowest BCUT2D eigenvalue weighted by Gasteiger charge is -2.36. The van der Waals surface area contributed by atoms with Crippen molar-refractivity contribution < 1.29 is 28.6 Å². The molecule has 1 aromatic carbocycles. The van der Waals surface area contributed by atoms with Gasteiger partial charge in [0.1, 0.15) is 12.2 Å². The summed E-state index contributed by atoms with van der Waals surface area (Å²) in [5.41, 5.74) is 0.233. The van der Waals surface area contributed by atoms with Crippen LogP contribution in [0.4, 0.5) is 4.79 Å². The standard InChI is InChI=1S/C21H29NO6/c1-5-26-19(24)17-13-22(20(25)28-21(2,3)4)12-11-16(17)18(23)27-14-15-9-7-6-8-10-15/h6-10,16-17H,5,11-14H2,1-4H3. The molecule has 0 bridgehead atoms. The van der Waals surface area contributed by atoms with Gasteiger partial charge in [-0.1, -0.05) is 30.3 Å². The Morgan fingerprint density at radius 1 is 1.04 bits per heavy atom. The van der Waals surface area contributed by atoms with Crippen LogP contribution in [0.15, 0.2) is 30.3 Å². The molecule has 1 heterocycles. The summed E-state index contributed by atoms with van der Waals surface area (Å²) in [6.45, 7) is 7.77. The molecule has 1 aliphatic heterocycles. The molecular formula is C21H29NO6. The number of carbonyl (C=O) groups is 3. The first kappa shape index (κ1) is 21.7. The van der Waals surface area contributed by atoms with E-state index in [2.05, 4.69) is 0 Å². The fraction of sp³-hybridized carbons (Fsp3) is 0.571. The van der Waals surface area contributed by atoms with Crippen molar-refractivity contribution in [3.8, 4) is 0 Å². The summed E-state index contributed by atoms with van der Waals surface area (Å²) in [5.74, 6) is -2.38. The van der Waals surface area contributed by atoms with Crippen molar-refractivity contribution in [2.75, 3.05) is 19.7 Å². The van der Waals surface area contributed by atoms with Gasteiger partial charge >= 0.3 is 18.0 Å². The van der Waals surface area contributed by atoms with E-state index in [1.165, 1.54) is 4.90 Å². The highest BCUT2D eigenvalue weighted by molar-refractivity contribution is 5.83. The van der Waals surface area contributed by atoms with Gasteiger partial charge < -0.3 is 19.1 Å². The summed E-state index contributed by atoms with van der Waals surface area (Å²) in [7, 11) is 0. The first-order valence-corrected chi connectivity index (χ1v) is 9.56. The Balaban J connectivity index is 2.05. The molecule has 1 fully saturated rings. The van der Waals surface area contributed by atoms with Gasteiger partial charge in [0.05, 0.1) is 18.4 Å². The second kappa shape index (κ2) is 9.57. The number of likely N-dealkylation sites (tertiary alicyclic amines) is 1. The average molecular weight is 391 g/mol. The van der Waals surface area contributed by atoms with Crippen LogP contribution in [0.5, 0.6) is 0 Å². The second-order valence-corrected chi connectivity index (χ2v) is 7.77. The molecule has 0 radical (unpaired) electrons. The minimum atomic E-state index is -0.774. The largest absolute Gasteiger partial charge is 0.466 e. The maximum absolute atomic E-state index is 12.6. The molecule has 1 amide bonds. The Labute approximate surface area is 165 Å². The maximum Gasteiger partial charge on any atom is 0.410 e. The Morgan fingerprint density at radius 2 is 1.68 bits per heavy atom. The predicted octanol–water partition coefficient (Wildman–Crippen LogP) is 3.17. The number of carbonyl (C=O) groups excluding carboxylic acids is 3. The zero-order valence-electron chi connectivity index (χ0n) is 17.0. The Morgan fingerprint density at radius 3 is 2.29 bits per heavy atom. The zero-order chi connectivity index (χ0) is 20.7. The van der Waals surface area contributed by atoms with Crippen LogP contribution in [0.25, 0.3) is 0 Å². The SMILES string of the molecule is CCOC(=O)C1CN(C(=O)OC(C)(C)C)CCC1C(=O)OCc1ccccc1. The summed E-state index contributed by atoms with van der Waals surface area (Å²) in [5, 5.41) is 0. The first-order chi connectivity index (χ1) is 13.2. The normalized spacial score (nSPS) is 19.6. The molecule has 2 atom stereocenters. The molecular weight excluding hydrogens is 362 g/mol. The number of nitrogens with zero attached hydrogens (tertiary/aromatic N) is 1. The number of benzene rings is 1. The van der Waals surface area contributed by atoms with Gasteiger partial charge in [-0.05, 0) is 39.7 Å². The minimum Gasteiger partial charge on any atom is -0.466 e. The molecule has 0 aliphatic carbocycles. The first-order valence-electron chi connectivity index (χ1n) is 9.56. The lowest BCUT2D eigenvalue weighted by Crippen LogP contribution is -2.50. The number of esters is 2. The van der Waals surface area contributed by atoms with Crippen LogP contribution in [-0.2, 0) is 30.4 Å². The number of ether oxygens (including phenoxy) is 3. The van der Waals surface area contributed by atoms with Crippen LogP contribution >= 0.6 is 0 Å². The summed E-state index contributed by atoms with van der Waals surface area (Å²) in [6.07, 6.45) is -0.186.